The van der Waals surface area contributed by atoms with Crippen molar-refractivity contribution in [2.45, 2.75) is 6.92 Å². The molecule has 2 aromatic carbocycles. The molecule has 0 aliphatic heterocycles. The summed E-state index contributed by atoms with van der Waals surface area (Å²) < 4.78 is 11.3. The van der Waals surface area contributed by atoms with Crippen LogP contribution in [-0.4, -0.2) is 28.5 Å². The summed E-state index contributed by atoms with van der Waals surface area (Å²) in [6.45, 7) is 2.32. The maximum absolute atomic E-state index is 12.5. The standard InChI is InChI=1S/C22H17ClN4O4S2/c1-2-30-16-8-5-12(10-14(16)23)19(28)26-21(32)24-13-6-7-15-18(11-13)33-22(25-15)27-20(29)17-4-3-9-31-17/h3-11H,2H2,1H3,(H,25,27,29)(H2,24,26,28,32). The van der Waals surface area contributed by atoms with E-state index in [1.807, 2.05) is 13.0 Å². The molecule has 4 rings (SSSR count). The molecule has 11 heteroatoms. The van der Waals surface area contributed by atoms with Crippen LogP contribution in [0.25, 0.3) is 10.2 Å². The lowest BCUT2D eigenvalue weighted by atomic mass is 10.2. The maximum Gasteiger partial charge on any atom is 0.293 e. The molecular formula is C22H17ClN4O4S2. The fourth-order valence-electron chi connectivity index (χ4n) is 2.87. The van der Waals surface area contributed by atoms with Gasteiger partial charge >= 0.3 is 0 Å². The smallest absolute Gasteiger partial charge is 0.293 e. The summed E-state index contributed by atoms with van der Waals surface area (Å²) in [5.41, 5.74) is 1.71. The van der Waals surface area contributed by atoms with Gasteiger partial charge in [-0.3, -0.25) is 20.2 Å². The Hall–Kier alpha value is -3.47. The third-order valence-corrected chi connectivity index (χ3v) is 5.77. The first-order valence-corrected chi connectivity index (χ1v) is 11.3. The molecule has 2 aromatic heterocycles. The first-order valence-electron chi connectivity index (χ1n) is 9.73. The van der Waals surface area contributed by atoms with Crippen LogP contribution in [0.3, 0.4) is 0 Å². The molecule has 0 bridgehead atoms. The van der Waals surface area contributed by atoms with Gasteiger partial charge in [-0.25, -0.2) is 4.98 Å². The van der Waals surface area contributed by atoms with E-state index in [0.29, 0.717) is 39.3 Å². The van der Waals surface area contributed by atoms with Crippen molar-refractivity contribution in [1.29, 1.82) is 0 Å². The van der Waals surface area contributed by atoms with Gasteiger partial charge in [0, 0.05) is 11.3 Å². The van der Waals surface area contributed by atoms with Crippen LogP contribution in [0.4, 0.5) is 10.8 Å². The number of carbonyl (C=O) groups is 2. The number of hydrogen-bond donors (Lipinski definition) is 3. The second-order valence-electron chi connectivity index (χ2n) is 6.62. The zero-order chi connectivity index (χ0) is 23.4. The number of aromatic nitrogens is 1. The minimum atomic E-state index is -0.403. The molecule has 0 fully saturated rings. The molecule has 0 saturated carbocycles. The Balaban J connectivity index is 1.40. The Morgan fingerprint density at radius 1 is 1.15 bits per heavy atom. The van der Waals surface area contributed by atoms with Gasteiger partial charge < -0.3 is 14.5 Å². The Morgan fingerprint density at radius 2 is 2.00 bits per heavy atom. The highest BCUT2D eigenvalue weighted by molar-refractivity contribution is 7.80. The van der Waals surface area contributed by atoms with E-state index in [1.54, 1.807) is 36.4 Å². The average Bonchev–Trinajstić information content (AvgIpc) is 3.44. The van der Waals surface area contributed by atoms with Crippen LogP contribution < -0.4 is 20.7 Å². The van der Waals surface area contributed by atoms with E-state index in [-0.39, 0.29) is 16.8 Å². The first kappa shape index (κ1) is 22.7. The summed E-state index contributed by atoms with van der Waals surface area (Å²) in [7, 11) is 0. The van der Waals surface area contributed by atoms with E-state index in [2.05, 4.69) is 20.9 Å². The number of amides is 2. The molecule has 0 aliphatic carbocycles. The highest BCUT2D eigenvalue weighted by Gasteiger charge is 2.14. The topological polar surface area (TPSA) is 105 Å². The minimum absolute atomic E-state index is 0.125. The summed E-state index contributed by atoms with van der Waals surface area (Å²) in [4.78, 5) is 29.0. The minimum Gasteiger partial charge on any atom is -0.492 e. The monoisotopic (exact) mass is 500 g/mol. The van der Waals surface area contributed by atoms with Crippen molar-refractivity contribution in [2.75, 3.05) is 17.2 Å². The second-order valence-corrected chi connectivity index (χ2v) is 8.47. The molecule has 0 unspecified atom stereocenters. The predicted molar refractivity (Wildman–Crippen MR) is 133 cm³/mol. The highest BCUT2D eigenvalue weighted by Crippen LogP contribution is 2.29. The maximum atomic E-state index is 12.5. The van der Waals surface area contributed by atoms with Crippen molar-refractivity contribution >= 4 is 73.1 Å². The normalized spacial score (nSPS) is 10.6. The lowest BCUT2D eigenvalue weighted by Gasteiger charge is -2.11. The van der Waals surface area contributed by atoms with Crippen LogP contribution in [0, 0.1) is 0 Å². The van der Waals surface area contributed by atoms with Gasteiger partial charge in [0.2, 0.25) is 0 Å². The van der Waals surface area contributed by atoms with E-state index in [4.69, 9.17) is 33.0 Å². The van der Waals surface area contributed by atoms with E-state index in [0.717, 1.165) is 4.70 Å². The van der Waals surface area contributed by atoms with Crippen molar-refractivity contribution in [3.63, 3.8) is 0 Å². The summed E-state index contributed by atoms with van der Waals surface area (Å²) in [6, 6.07) is 13.3. The molecule has 168 valence electrons. The summed E-state index contributed by atoms with van der Waals surface area (Å²) in [5, 5.41) is 9.20. The number of nitrogens with zero attached hydrogens (tertiary/aromatic N) is 1. The number of halogens is 1. The summed E-state index contributed by atoms with van der Waals surface area (Å²) >= 11 is 12.7. The van der Waals surface area contributed by atoms with Gasteiger partial charge in [0.1, 0.15) is 5.75 Å². The summed E-state index contributed by atoms with van der Waals surface area (Å²) in [5.74, 6) is -0.0737. The lowest BCUT2D eigenvalue weighted by Crippen LogP contribution is -2.34. The second kappa shape index (κ2) is 9.99. The predicted octanol–water partition coefficient (Wildman–Crippen LogP) is 5.32. The van der Waals surface area contributed by atoms with Crippen LogP contribution >= 0.6 is 35.2 Å². The molecule has 0 aliphatic rings. The number of furan rings is 1. The number of thiazole rings is 1. The number of nitrogens with one attached hydrogen (secondary N) is 3. The van der Waals surface area contributed by atoms with E-state index in [9.17, 15) is 9.59 Å². The molecule has 33 heavy (non-hydrogen) atoms. The number of hydrogen-bond acceptors (Lipinski definition) is 7. The molecular weight excluding hydrogens is 484 g/mol. The molecule has 0 saturated heterocycles. The van der Waals surface area contributed by atoms with Crippen LogP contribution in [0.1, 0.15) is 27.8 Å². The zero-order valence-corrected chi connectivity index (χ0v) is 19.6. The van der Waals surface area contributed by atoms with Crippen LogP contribution in [0.2, 0.25) is 5.02 Å². The fourth-order valence-corrected chi connectivity index (χ4v) is 4.22. The molecule has 2 amide bonds. The largest absolute Gasteiger partial charge is 0.492 e. The third kappa shape index (κ3) is 5.48. The third-order valence-electron chi connectivity index (χ3n) is 4.33. The van der Waals surface area contributed by atoms with Crippen molar-refractivity contribution in [3.05, 3.63) is 71.1 Å². The quantitative estimate of drug-likeness (QED) is 0.308. The molecule has 8 nitrogen and oxygen atoms in total. The van der Waals surface area contributed by atoms with Crippen molar-refractivity contribution in [2.24, 2.45) is 0 Å². The van der Waals surface area contributed by atoms with Gasteiger partial charge in [0.15, 0.2) is 16.0 Å². The number of benzene rings is 2. The van der Waals surface area contributed by atoms with Crippen molar-refractivity contribution < 1.29 is 18.7 Å². The summed E-state index contributed by atoms with van der Waals surface area (Å²) in [6.07, 6.45) is 1.43. The molecule has 2 heterocycles. The van der Waals surface area contributed by atoms with Gasteiger partial charge in [0.05, 0.1) is 28.1 Å². The SMILES string of the molecule is CCOc1ccc(C(=O)NC(=S)Nc2ccc3nc(NC(=O)c4ccco4)sc3c2)cc1Cl. The van der Waals surface area contributed by atoms with Gasteiger partial charge in [-0.1, -0.05) is 22.9 Å². The number of ether oxygens (including phenoxy) is 1. The zero-order valence-electron chi connectivity index (χ0n) is 17.2. The van der Waals surface area contributed by atoms with E-state index in [1.165, 1.54) is 23.7 Å². The number of anilines is 2. The Bertz CT molecular complexity index is 1340. The fraction of sp³-hybridized carbons (Fsp3) is 0.0909. The Kier molecular flexibility index (Phi) is 6.87. The lowest BCUT2D eigenvalue weighted by molar-refractivity contribution is 0.0975. The van der Waals surface area contributed by atoms with Gasteiger partial charge in [-0.2, -0.15) is 0 Å². The first-order chi connectivity index (χ1) is 15.9. The van der Waals surface area contributed by atoms with Crippen molar-refractivity contribution in [1.82, 2.24) is 10.3 Å². The number of thiocarbonyl (C=S) groups is 1. The molecule has 4 aromatic rings. The average molecular weight is 501 g/mol. The van der Waals surface area contributed by atoms with Gasteiger partial charge in [-0.15, -0.1) is 0 Å². The number of carbonyl (C=O) groups excluding carboxylic acids is 2. The molecule has 3 N–H and O–H groups in total. The molecule has 0 atom stereocenters. The number of rotatable bonds is 6. The van der Waals surface area contributed by atoms with Crippen molar-refractivity contribution in [3.8, 4) is 5.75 Å². The Labute approximate surface area is 202 Å². The van der Waals surface area contributed by atoms with Gasteiger partial charge in [-0.05, 0) is 67.7 Å². The molecule has 0 spiro atoms. The molecule has 0 radical (unpaired) electrons. The van der Waals surface area contributed by atoms with E-state index >= 15 is 0 Å². The Morgan fingerprint density at radius 3 is 2.73 bits per heavy atom. The van der Waals surface area contributed by atoms with Gasteiger partial charge in [0.25, 0.3) is 11.8 Å². The number of fused-ring (bicyclic) bond motifs is 1. The van der Waals surface area contributed by atoms with E-state index < -0.39 is 5.91 Å². The van der Waals surface area contributed by atoms with Crippen LogP contribution in [-0.2, 0) is 0 Å². The van der Waals surface area contributed by atoms with Crippen LogP contribution in [0.5, 0.6) is 5.75 Å². The van der Waals surface area contributed by atoms with Crippen LogP contribution in [0.15, 0.2) is 59.2 Å². The highest BCUT2D eigenvalue weighted by atomic mass is 35.5.